The number of carbonyl (C=O) groups is 1. The van der Waals surface area contributed by atoms with Crippen molar-refractivity contribution in [1.82, 2.24) is 9.62 Å². The number of aryl methyl sites for hydroxylation is 1. The van der Waals surface area contributed by atoms with Crippen molar-refractivity contribution in [3.63, 3.8) is 0 Å². The normalized spacial score (nSPS) is 15.2. The summed E-state index contributed by atoms with van der Waals surface area (Å²) in [5.74, 6) is -0.834. The predicted molar refractivity (Wildman–Crippen MR) is 121 cm³/mol. The van der Waals surface area contributed by atoms with Crippen LogP contribution in [-0.2, 0) is 14.8 Å². The number of amidine groups is 1. The highest BCUT2D eigenvalue weighted by molar-refractivity contribution is 14.3. The average Bonchev–Trinajstić information content (AvgIpc) is 2.48. The van der Waals surface area contributed by atoms with E-state index in [0.29, 0.717) is 18.8 Å². The van der Waals surface area contributed by atoms with Gasteiger partial charge in [0, 0.05) is 19.5 Å². The molecule has 1 heterocycles. The van der Waals surface area contributed by atoms with Gasteiger partial charge < -0.3 is 9.90 Å². The molecule has 0 amide bonds. The molecular formula is C14H17I3N3O4S-. The molecule has 0 bridgehead atoms. The van der Waals surface area contributed by atoms with Crippen molar-refractivity contribution in [3.8, 4) is 0 Å². The number of nitrogens with zero attached hydrogens (tertiary/aromatic N) is 2. The molecule has 0 saturated carbocycles. The van der Waals surface area contributed by atoms with Gasteiger partial charge >= 0.3 is 0 Å². The van der Waals surface area contributed by atoms with Crippen LogP contribution in [0.5, 0.6) is 0 Å². The van der Waals surface area contributed by atoms with E-state index in [-0.39, 0.29) is 18.1 Å². The number of nitrogens with one attached hydrogen (secondary N) is 1. The molecule has 0 aliphatic carbocycles. The van der Waals surface area contributed by atoms with Gasteiger partial charge in [-0.1, -0.05) is 85.5 Å². The monoisotopic (exact) mass is 704 g/mol. The molecule has 7 nitrogen and oxygen atoms in total. The summed E-state index contributed by atoms with van der Waals surface area (Å²) in [7, 11) is -3.65. The van der Waals surface area contributed by atoms with E-state index in [1.54, 1.807) is 17.0 Å². The smallest absolute Gasteiger partial charge is 0.262 e. The zero-order valence-electron chi connectivity index (χ0n) is 13.3. The number of carbonyl (C=O) groups excluding carboxylic acids is 1. The van der Waals surface area contributed by atoms with Gasteiger partial charge in [-0.3, -0.25) is 14.6 Å². The summed E-state index contributed by atoms with van der Waals surface area (Å²) in [6.07, 6.45) is 0.346. The Morgan fingerprint density at radius 2 is 1.88 bits per heavy atom. The second kappa shape index (κ2) is 11.2. The number of hydrogen-bond acceptors (Lipinski definition) is 6. The summed E-state index contributed by atoms with van der Waals surface area (Å²) in [6, 6.07) is 6.50. The van der Waals surface area contributed by atoms with E-state index in [0.717, 1.165) is 5.50 Å². The van der Waals surface area contributed by atoms with Crippen molar-refractivity contribution >= 4 is 89.6 Å². The molecular weight excluding hydrogens is 687 g/mol. The van der Waals surface area contributed by atoms with Crippen LogP contribution in [0.25, 0.3) is 0 Å². The number of carboxylic acids is 1. The van der Waals surface area contributed by atoms with Gasteiger partial charge in [0.1, 0.15) is 5.77 Å². The van der Waals surface area contributed by atoms with Gasteiger partial charge in [0.15, 0.2) is 0 Å². The zero-order valence-corrected chi connectivity index (χ0v) is 20.6. The molecule has 1 N–H and O–H groups in total. The van der Waals surface area contributed by atoms with Gasteiger partial charge in [-0.25, -0.2) is 8.42 Å². The third-order valence-corrected chi connectivity index (χ3v) is 4.46. The topological polar surface area (TPSA) is 102 Å². The lowest BCUT2D eigenvalue weighted by Crippen LogP contribution is -2.44. The van der Waals surface area contributed by atoms with Crippen molar-refractivity contribution in [1.29, 1.82) is 0 Å². The minimum absolute atomic E-state index is 0.139. The van der Waals surface area contributed by atoms with Gasteiger partial charge in [0.25, 0.3) is 10.0 Å². The molecule has 0 spiro atoms. The summed E-state index contributed by atoms with van der Waals surface area (Å²) in [5.41, 5.74) is 0.974. The second-order valence-electron chi connectivity index (χ2n) is 5.09. The Labute approximate surface area is 188 Å². The number of carboxylic acid groups (broad SMARTS) is 1. The van der Waals surface area contributed by atoms with Crippen LogP contribution >= 0.6 is 67.8 Å². The number of halogens is 3. The van der Waals surface area contributed by atoms with Crippen LogP contribution < -0.4 is 9.83 Å². The molecule has 0 atom stereocenters. The molecule has 2 rings (SSSR count). The number of alkyl halides is 3. The maximum absolute atomic E-state index is 12.2. The van der Waals surface area contributed by atoms with Gasteiger partial charge in [-0.05, 0) is 19.1 Å². The quantitative estimate of drug-likeness (QED) is 0.380. The fraction of sp³-hybridized carbons (Fsp3) is 0.429. The van der Waals surface area contributed by atoms with Crippen molar-refractivity contribution in [3.05, 3.63) is 29.8 Å². The molecule has 0 fully saturated rings. The van der Waals surface area contributed by atoms with E-state index in [2.05, 4.69) is 77.5 Å². The van der Waals surface area contributed by atoms with E-state index < -0.39 is 16.0 Å². The fourth-order valence-electron chi connectivity index (χ4n) is 1.93. The lowest BCUT2D eigenvalue weighted by Gasteiger charge is -2.25. The van der Waals surface area contributed by atoms with Crippen LogP contribution in [0.3, 0.4) is 0 Å². The summed E-state index contributed by atoms with van der Waals surface area (Å²) in [4.78, 5) is 16.3. The standard InChI is InChI=1S/C13H17N3O4S.CHI3/c1-10-2-4-11(5-3-10)21(19,20)15-12-6-7-16(9-14-12)8-13(17)18;2-1(3)4/h2-5H,6-9H2,1H3,(H,14,15)(H,17,18);1H/p-1. The van der Waals surface area contributed by atoms with Crippen molar-refractivity contribution in [2.45, 2.75) is 18.2 Å². The van der Waals surface area contributed by atoms with E-state index in [9.17, 15) is 18.3 Å². The highest BCUT2D eigenvalue weighted by atomic mass is 127. The summed E-state index contributed by atoms with van der Waals surface area (Å²) < 4.78 is 27.5. The molecule has 11 heteroatoms. The van der Waals surface area contributed by atoms with Crippen LogP contribution in [0.2, 0.25) is 0 Å². The molecule has 0 radical (unpaired) electrons. The third kappa shape index (κ3) is 9.67. The van der Waals surface area contributed by atoms with Crippen LogP contribution in [0.1, 0.15) is 12.0 Å². The van der Waals surface area contributed by atoms with E-state index in [4.69, 9.17) is 0 Å². The van der Waals surface area contributed by atoms with E-state index >= 15 is 0 Å². The summed E-state index contributed by atoms with van der Waals surface area (Å²) >= 11 is 6.95. The lowest BCUT2D eigenvalue weighted by atomic mass is 10.2. The van der Waals surface area contributed by atoms with Gasteiger partial charge in [-0.2, -0.15) is 0 Å². The van der Waals surface area contributed by atoms with Crippen LogP contribution in [0, 0.1) is 6.92 Å². The van der Waals surface area contributed by atoms with Crippen LogP contribution in [-0.4, -0.2) is 44.8 Å². The van der Waals surface area contributed by atoms with Gasteiger partial charge in [0.2, 0.25) is 0 Å². The number of hydrogen-bond donors (Lipinski definition) is 1. The van der Waals surface area contributed by atoms with E-state index in [1.165, 1.54) is 12.1 Å². The Bertz CT molecular complexity index is 706. The first-order valence-electron chi connectivity index (χ1n) is 7.07. The Hall–Kier alpha value is 0.260. The second-order valence-corrected chi connectivity index (χ2v) is 17.7. The SMILES string of the molecule is Cc1ccc(S(=O)(=O)NC2=NCN(CC(=O)[O-])CC2)cc1.IC(I)I. The number of rotatable bonds is 4. The molecule has 0 aromatic heterocycles. The summed E-state index contributed by atoms with van der Waals surface area (Å²) in [6.45, 7) is 2.23. The number of benzene rings is 1. The average molecular weight is 704 g/mol. The molecule has 0 saturated heterocycles. The fourth-order valence-corrected chi connectivity index (χ4v) is 3.01. The van der Waals surface area contributed by atoms with E-state index in [1.807, 2.05) is 6.92 Å². The maximum Gasteiger partial charge on any atom is 0.262 e. The highest BCUT2D eigenvalue weighted by Gasteiger charge is 2.19. The largest absolute Gasteiger partial charge is 0.549 e. The first kappa shape index (κ1) is 23.3. The minimum atomic E-state index is -3.65. The molecule has 25 heavy (non-hydrogen) atoms. The van der Waals surface area contributed by atoms with Gasteiger partial charge in [-0.15, -0.1) is 0 Å². The van der Waals surface area contributed by atoms with Crippen molar-refractivity contribution in [2.75, 3.05) is 19.8 Å². The molecule has 1 aliphatic rings. The van der Waals surface area contributed by atoms with Crippen molar-refractivity contribution in [2.24, 2.45) is 4.99 Å². The molecule has 1 aromatic rings. The van der Waals surface area contributed by atoms with Gasteiger partial charge in [0.05, 0.1) is 17.5 Å². The van der Waals surface area contributed by atoms with Crippen molar-refractivity contribution < 1.29 is 18.3 Å². The predicted octanol–water partition coefficient (Wildman–Crippen LogP) is 1.66. The minimum Gasteiger partial charge on any atom is -0.549 e. The number of aliphatic carboxylic acids is 1. The van der Waals surface area contributed by atoms with Crippen LogP contribution in [0.15, 0.2) is 34.2 Å². The molecule has 1 aromatic carbocycles. The first-order valence-corrected chi connectivity index (χ1v) is 12.3. The maximum atomic E-state index is 12.2. The summed E-state index contributed by atoms with van der Waals surface area (Å²) in [5, 5.41) is 10.5. The lowest BCUT2D eigenvalue weighted by molar-refractivity contribution is -0.306. The molecule has 140 valence electrons. The Balaban J connectivity index is 0.000000705. The first-order chi connectivity index (χ1) is 11.6. The zero-order chi connectivity index (χ0) is 19.0. The highest BCUT2D eigenvalue weighted by Crippen LogP contribution is 2.16. The number of aliphatic imine (C=N–C) groups is 1. The van der Waals surface area contributed by atoms with Crippen LogP contribution in [0.4, 0.5) is 0 Å². The molecule has 0 unspecified atom stereocenters. The third-order valence-electron chi connectivity index (χ3n) is 3.06. The Kier molecular flexibility index (Phi) is 10.4. The number of sulfonamides is 1. The molecule has 1 aliphatic heterocycles. The Morgan fingerprint density at radius 1 is 1.32 bits per heavy atom. The Morgan fingerprint density at radius 3 is 2.32 bits per heavy atom.